The first-order chi connectivity index (χ1) is 27.7. The van der Waals surface area contributed by atoms with Gasteiger partial charge in [-0.3, -0.25) is 9.59 Å². The van der Waals surface area contributed by atoms with Crippen molar-refractivity contribution in [2.75, 3.05) is 37.1 Å². The largest absolute Gasteiger partial charge is 0.490 e. The van der Waals surface area contributed by atoms with Gasteiger partial charge in [0.1, 0.15) is 49.4 Å². The molecule has 0 saturated carbocycles. The Bertz CT molecular complexity index is 2220. The molecule has 1 heterocycles. The molecule has 292 valence electrons. The molecule has 0 saturated heterocycles. The minimum atomic E-state index is -0.982. The van der Waals surface area contributed by atoms with Gasteiger partial charge in [-0.25, -0.2) is 9.59 Å². The molecule has 0 aliphatic heterocycles. The number of carboxylic acids is 2. The predicted molar refractivity (Wildman–Crippen MR) is 218 cm³/mol. The Hall–Kier alpha value is -7.12. The van der Waals surface area contributed by atoms with Crippen LogP contribution in [0.3, 0.4) is 0 Å². The summed E-state index contributed by atoms with van der Waals surface area (Å²) < 4.78 is 22.6. The van der Waals surface area contributed by atoms with Gasteiger partial charge in [-0.1, -0.05) is 49.4 Å². The van der Waals surface area contributed by atoms with Crippen molar-refractivity contribution in [2.24, 2.45) is 0 Å². The van der Waals surface area contributed by atoms with Gasteiger partial charge in [-0.05, 0) is 108 Å². The molecular formula is C44H40N2O10S. The number of anilines is 2. The van der Waals surface area contributed by atoms with Crippen LogP contribution in [0.4, 0.5) is 11.4 Å². The number of carbonyl (C=O) groups is 4. The lowest BCUT2D eigenvalue weighted by atomic mass is 10.1. The number of nitrogens with one attached hydrogen (secondary N) is 2. The number of benzene rings is 5. The number of rotatable bonds is 17. The first-order valence-corrected chi connectivity index (χ1v) is 18.7. The number of aryl methyl sites for hydroxylation is 1. The fourth-order valence-electron chi connectivity index (χ4n) is 5.08. The third kappa shape index (κ3) is 12.7. The lowest BCUT2D eigenvalue weighted by Crippen LogP contribution is -2.14. The highest BCUT2D eigenvalue weighted by Gasteiger charge is 2.12. The molecule has 2 amide bonds. The highest BCUT2D eigenvalue weighted by molar-refractivity contribution is 7.12. The van der Waals surface area contributed by atoms with Gasteiger partial charge in [0.05, 0.1) is 27.4 Å². The number of carboxylic acid groups (broad SMARTS) is 2. The fourth-order valence-corrected chi connectivity index (χ4v) is 5.70. The molecule has 5 aromatic carbocycles. The first kappa shape index (κ1) is 41.1. The Balaban J connectivity index is 0.000000219. The van der Waals surface area contributed by atoms with Crippen molar-refractivity contribution in [1.29, 1.82) is 0 Å². The van der Waals surface area contributed by atoms with Crippen LogP contribution in [-0.4, -0.2) is 60.4 Å². The van der Waals surface area contributed by atoms with Gasteiger partial charge >= 0.3 is 11.9 Å². The Morgan fingerprint density at radius 1 is 0.509 bits per heavy atom. The van der Waals surface area contributed by atoms with E-state index in [0.717, 1.165) is 6.42 Å². The molecule has 4 N–H and O–H groups in total. The van der Waals surface area contributed by atoms with Gasteiger partial charge in [0.2, 0.25) is 0 Å². The zero-order chi connectivity index (χ0) is 40.4. The quantitative estimate of drug-likeness (QED) is 0.0655. The fraction of sp³-hybridized carbons (Fsp3) is 0.136. The minimum absolute atomic E-state index is 0.184. The molecular weight excluding hydrogens is 749 g/mol. The second-order valence-electron chi connectivity index (χ2n) is 12.0. The van der Waals surface area contributed by atoms with E-state index in [-0.39, 0.29) is 49.4 Å². The molecule has 0 aliphatic rings. The third-order valence-electron chi connectivity index (χ3n) is 8.06. The van der Waals surface area contributed by atoms with Crippen molar-refractivity contribution in [2.45, 2.75) is 13.3 Å². The maximum atomic E-state index is 12.5. The van der Waals surface area contributed by atoms with Crippen LogP contribution < -0.4 is 29.6 Å². The van der Waals surface area contributed by atoms with E-state index in [1.165, 1.54) is 41.2 Å². The van der Waals surface area contributed by atoms with Crippen molar-refractivity contribution in [1.82, 2.24) is 0 Å². The van der Waals surface area contributed by atoms with Crippen LogP contribution in [0.15, 0.2) is 139 Å². The Morgan fingerprint density at radius 2 is 0.947 bits per heavy atom. The lowest BCUT2D eigenvalue weighted by Gasteiger charge is -2.13. The summed E-state index contributed by atoms with van der Waals surface area (Å²) >= 11 is 1.37. The molecule has 0 atom stereocenters. The van der Waals surface area contributed by atoms with E-state index in [1.807, 2.05) is 47.8 Å². The summed E-state index contributed by atoms with van der Waals surface area (Å²) in [5.74, 6) is -0.146. The van der Waals surface area contributed by atoms with Crippen molar-refractivity contribution >= 4 is 46.5 Å². The van der Waals surface area contributed by atoms with Crippen LogP contribution in [0.1, 0.15) is 53.2 Å². The number of aromatic carboxylic acids is 2. The number of ether oxygens (including phenoxy) is 4. The SMILES string of the molecule is CCc1ccc(C(=O)Nc2ccccc2OCCOc2ccc(C(=O)O)cc2)cc1.O=C(O)c1ccc(OCCOc2ccccc2NC(=O)c2cccs2)cc1. The van der Waals surface area contributed by atoms with E-state index in [0.29, 0.717) is 44.8 Å². The summed E-state index contributed by atoms with van der Waals surface area (Å²) in [6, 6.07) is 37.8. The second kappa shape index (κ2) is 21.1. The summed E-state index contributed by atoms with van der Waals surface area (Å²) in [5.41, 5.74) is 3.32. The summed E-state index contributed by atoms with van der Waals surface area (Å²) in [4.78, 5) is 47.0. The molecule has 0 fully saturated rings. The lowest BCUT2D eigenvalue weighted by molar-refractivity contribution is 0.0686. The Labute approximate surface area is 333 Å². The third-order valence-corrected chi connectivity index (χ3v) is 8.93. The number of carbonyl (C=O) groups excluding carboxylic acids is 2. The van der Waals surface area contributed by atoms with Gasteiger partial charge < -0.3 is 39.8 Å². The van der Waals surface area contributed by atoms with Crippen molar-refractivity contribution in [3.8, 4) is 23.0 Å². The van der Waals surface area contributed by atoms with E-state index in [9.17, 15) is 19.2 Å². The molecule has 0 unspecified atom stereocenters. The average Bonchev–Trinajstić information content (AvgIpc) is 3.79. The van der Waals surface area contributed by atoms with Crippen LogP contribution >= 0.6 is 11.3 Å². The molecule has 0 radical (unpaired) electrons. The monoisotopic (exact) mass is 788 g/mol. The highest BCUT2D eigenvalue weighted by Crippen LogP contribution is 2.26. The van der Waals surface area contributed by atoms with E-state index in [4.69, 9.17) is 29.2 Å². The molecule has 0 bridgehead atoms. The normalized spacial score (nSPS) is 10.3. The van der Waals surface area contributed by atoms with Crippen LogP contribution in [0.25, 0.3) is 0 Å². The first-order valence-electron chi connectivity index (χ1n) is 17.8. The molecule has 0 spiro atoms. The highest BCUT2D eigenvalue weighted by atomic mass is 32.1. The topological polar surface area (TPSA) is 170 Å². The van der Waals surface area contributed by atoms with Crippen LogP contribution in [0.2, 0.25) is 0 Å². The summed E-state index contributed by atoms with van der Waals surface area (Å²) in [6.45, 7) is 3.15. The minimum Gasteiger partial charge on any atom is -0.490 e. The maximum Gasteiger partial charge on any atom is 0.335 e. The standard InChI is InChI=1S/C24H23NO5.C20H17NO5S/c1-2-17-7-9-18(10-8-17)23(26)25-21-5-3-4-6-22(21)30-16-15-29-20-13-11-19(12-14-20)24(27)28;22-19(18-6-3-13-27-18)21-16-4-1-2-5-17(16)26-12-11-25-15-9-7-14(8-10-15)20(23)24/h3-14H,2,15-16H2,1H3,(H,25,26)(H,27,28);1-10,13H,11-12H2,(H,21,22)(H,23,24). The zero-order valence-corrected chi connectivity index (χ0v) is 31.7. The molecule has 6 aromatic rings. The van der Waals surface area contributed by atoms with Gasteiger partial charge in [0, 0.05) is 5.56 Å². The zero-order valence-electron chi connectivity index (χ0n) is 30.9. The van der Waals surface area contributed by atoms with E-state index >= 15 is 0 Å². The Morgan fingerprint density at radius 3 is 1.39 bits per heavy atom. The Kier molecular flexibility index (Phi) is 15.2. The van der Waals surface area contributed by atoms with Gasteiger partial charge in [0.25, 0.3) is 11.8 Å². The van der Waals surface area contributed by atoms with Crippen LogP contribution in [-0.2, 0) is 6.42 Å². The number of amides is 2. The molecule has 12 nitrogen and oxygen atoms in total. The van der Waals surface area contributed by atoms with E-state index in [2.05, 4.69) is 17.6 Å². The smallest absolute Gasteiger partial charge is 0.335 e. The van der Waals surface area contributed by atoms with Crippen molar-refractivity contribution in [3.05, 3.63) is 166 Å². The summed E-state index contributed by atoms with van der Waals surface area (Å²) in [6.07, 6.45) is 0.921. The van der Waals surface area contributed by atoms with Crippen molar-refractivity contribution in [3.63, 3.8) is 0 Å². The van der Waals surface area contributed by atoms with Gasteiger partial charge in [-0.2, -0.15) is 0 Å². The van der Waals surface area contributed by atoms with E-state index in [1.54, 1.807) is 66.7 Å². The van der Waals surface area contributed by atoms with Gasteiger partial charge in [0.15, 0.2) is 0 Å². The number of hydrogen-bond acceptors (Lipinski definition) is 9. The summed E-state index contributed by atoms with van der Waals surface area (Å²) in [7, 11) is 0. The molecule has 57 heavy (non-hydrogen) atoms. The average molecular weight is 789 g/mol. The van der Waals surface area contributed by atoms with Crippen LogP contribution in [0.5, 0.6) is 23.0 Å². The molecule has 13 heteroatoms. The predicted octanol–water partition coefficient (Wildman–Crippen LogP) is 8.81. The van der Waals surface area contributed by atoms with Crippen molar-refractivity contribution < 1.29 is 48.3 Å². The van der Waals surface area contributed by atoms with Crippen LogP contribution in [0, 0.1) is 0 Å². The molecule has 1 aromatic heterocycles. The molecule has 6 rings (SSSR count). The molecule has 0 aliphatic carbocycles. The number of para-hydroxylation sites is 4. The van der Waals surface area contributed by atoms with Gasteiger partial charge in [-0.15, -0.1) is 11.3 Å². The second-order valence-corrected chi connectivity index (χ2v) is 12.9. The summed E-state index contributed by atoms with van der Waals surface area (Å²) in [5, 5.41) is 25.3. The van der Waals surface area contributed by atoms with E-state index < -0.39 is 11.9 Å². The maximum absolute atomic E-state index is 12.5. The number of thiophene rings is 1. The number of hydrogen-bond donors (Lipinski definition) is 4.